The molecule has 0 aliphatic carbocycles. The predicted molar refractivity (Wildman–Crippen MR) is 67.4 cm³/mol. The van der Waals surface area contributed by atoms with Gasteiger partial charge in [0.25, 0.3) is 0 Å². The number of aryl methyl sites for hydroxylation is 2. The zero-order chi connectivity index (χ0) is 10.7. The van der Waals surface area contributed by atoms with Crippen LogP contribution in [0, 0.1) is 13.8 Å². The molecule has 73 valence electrons. The normalized spacial score (nSPS) is 10.0. The SMILES string of the molecule is Cc1cc(C)cc([B]c2ccccc2)c1. The van der Waals surface area contributed by atoms with E-state index in [0.29, 0.717) is 0 Å². The zero-order valence-corrected chi connectivity index (χ0v) is 9.20. The van der Waals surface area contributed by atoms with Gasteiger partial charge >= 0.3 is 0 Å². The highest BCUT2D eigenvalue weighted by molar-refractivity contribution is 6.67. The molecule has 0 saturated heterocycles. The fraction of sp³-hybridized carbons (Fsp3) is 0.143. The monoisotopic (exact) mass is 193 g/mol. The average molecular weight is 193 g/mol. The Morgan fingerprint density at radius 1 is 0.733 bits per heavy atom. The fourth-order valence-electron chi connectivity index (χ4n) is 1.83. The molecule has 1 radical (unpaired) electrons. The van der Waals surface area contributed by atoms with E-state index in [0.717, 1.165) is 0 Å². The molecule has 0 aliphatic heterocycles. The Kier molecular flexibility index (Phi) is 2.91. The molecular weight excluding hydrogens is 179 g/mol. The minimum atomic E-state index is 1.25. The van der Waals surface area contributed by atoms with Crippen molar-refractivity contribution in [3.8, 4) is 0 Å². The Morgan fingerprint density at radius 3 is 1.93 bits per heavy atom. The molecule has 1 heteroatoms. The Bertz CT molecular complexity index is 426. The Hall–Kier alpha value is -1.50. The van der Waals surface area contributed by atoms with Gasteiger partial charge in [-0.2, -0.15) is 0 Å². The van der Waals surface area contributed by atoms with Crippen LogP contribution < -0.4 is 10.9 Å². The van der Waals surface area contributed by atoms with Crippen molar-refractivity contribution in [2.75, 3.05) is 0 Å². The molecule has 0 bridgehead atoms. The van der Waals surface area contributed by atoms with Gasteiger partial charge in [-0.15, -0.1) is 0 Å². The lowest BCUT2D eigenvalue weighted by Gasteiger charge is -2.03. The first-order valence-electron chi connectivity index (χ1n) is 5.22. The minimum absolute atomic E-state index is 1.25. The Morgan fingerprint density at radius 2 is 1.33 bits per heavy atom. The summed E-state index contributed by atoms with van der Waals surface area (Å²) in [5.41, 5.74) is 5.16. The molecule has 0 spiro atoms. The van der Waals surface area contributed by atoms with Crippen molar-refractivity contribution < 1.29 is 0 Å². The van der Waals surface area contributed by atoms with E-state index >= 15 is 0 Å². The van der Waals surface area contributed by atoms with E-state index in [1.807, 2.05) is 6.07 Å². The van der Waals surface area contributed by atoms with E-state index in [1.165, 1.54) is 22.1 Å². The van der Waals surface area contributed by atoms with Crippen LogP contribution >= 0.6 is 0 Å². The Labute approximate surface area is 92.2 Å². The quantitative estimate of drug-likeness (QED) is 0.639. The Balaban J connectivity index is 2.25. The van der Waals surface area contributed by atoms with Gasteiger partial charge in [-0.1, -0.05) is 70.6 Å². The van der Waals surface area contributed by atoms with E-state index in [4.69, 9.17) is 0 Å². The molecule has 0 amide bonds. The van der Waals surface area contributed by atoms with Crippen LogP contribution in [-0.2, 0) is 0 Å². The summed E-state index contributed by atoms with van der Waals surface area (Å²) in [5.74, 6) is 0. The first kappa shape index (κ1) is 10.0. The number of benzene rings is 2. The van der Waals surface area contributed by atoms with E-state index < -0.39 is 0 Å². The molecule has 2 aromatic rings. The third-order valence-electron chi connectivity index (χ3n) is 2.38. The molecule has 0 fully saturated rings. The van der Waals surface area contributed by atoms with Gasteiger partial charge in [-0.25, -0.2) is 0 Å². The van der Waals surface area contributed by atoms with Crippen LogP contribution in [0.2, 0.25) is 0 Å². The lowest BCUT2D eigenvalue weighted by molar-refractivity contribution is 1.40. The van der Waals surface area contributed by atoms with E-state index in [1.54, 1.807) is 0 Å². The number of hydrogen-bond acceptors (Lipinski definition) is 0. The summed E-state index contributed by atoms with van der Waals surface area (Å²) < 4.78 is 0. The molecule has 0 saturated carbocycles. The van der Waals surface area contributed by atoms with Gasteiger partial charge in [-0.3, -0.25) is 0 Å². The standard InChI is InChI=1S/C14H14B/c1-11-8-12(2)10-14(9-11)15-13-6-4-3-5-7-13/h3-10H,1-2H3. The molecule has 2 aromatic carbocycles. The maximum absolute atomic E-state index is 2.21. The maximum atomic E-state index is 2.21. The largest absolute Gasteiger partial charge is 0.191 e. The maximum Gasteiger partial charge on any atom is 0.191 e. The average Bonchev–Trinajstić information content (AvgIpc) is 2.17. The highest BCUT2D eigenvalue weighted by Crippen LogP contribution is 1.99. The zero-order valence-electron chi connectivity index (χ0n) is 9.20. The van der Waals surface area contributed by atoms with Gasteiger partial charge in [0.15, 0.2) is 7.28 Å². The molecule has 0 nitrogen and oxygen atoms in total. The first-order valence-corrected chi connectivity index (χ1v) is 5.22. The van der Waals surface area contributed by atoms with Crippen molar-refractivity contribution in [3.05, 3.63) is 59.7 Å². The smallest absolute Gasteiger partial charge is 0.0814 e. The van der Waals surface area contributed by atoms with E-state index in [9.17, 15) is 0 Å². The first-order chi connectivity index (χ1) is 7.24. The van der Waals surface area contributed by atoms with Gasteiger partial charge in [0, 0.05) is 0 Å². The summed E-state index contributed by atoms with van der Waals surface area (Å²) in [5, 5.41) is 0. The molecule has 0 atom stereocenters. The van der Waals surface area contributed by atoms with Crippen LogP contribution in [-0.4, -0.2) is 7.28 Å². The van der Waals surface area contributed by atoms with Crippen LogP contribution in [0.3, 0.4) is 0 Å². The second kappa shape index (κ2) is 4.35. The fourth-order valence-corrected chi connectivity index (χ4v) is 1.83. The van der Waals surface area contributed by atoms with Crippen molar-refractivity contribution >= 4 is 18.2 Å². The van der Waals surface area contributed by atoms with Crippen LogP contribution in [0.15, 0.2) is 48.5 Å². The predicted octanol–water partition coefficient (Wildman–Crippen LogP) is 1.96. The number of hydrogen-bond donors (Lipinski definition) is 0. The molecule has 15 heavy (non-hydrogen) atoms. The van der Waals surface area contributed by atoms with Gasteiger partial charge in [-0.05, 0) is 13.8 Å². The van der Waals surface area contributed by atoms with Crippen molar-refractivity contribution in [1.29, 1.82) is 0 Å². The lowest BCUT2D eigenvalue weighted by atomic mass is 9.63. The van der Waals surface area contributed by atoms with Gasteiger partial charge in [0.1, 0.15) is 0 Å². The van der Waals surface area contributed by atoms with Gasteiger partial charge in [0.2, 0.25) is 0 Å². The van der Waals surface area contributed by atoms with Crippen molar-refractivity contribution in [2.45, 2.75) is 13.8 Å². The lowest BCUT2D eigenvalue weighted by Crippen LogP contribution is -2.27. The van der Waals surface area contributed by atoms with Crippen LogP contribution in [0.4, 0.5) is 0 Å². The van der Waals surface area contributed by atoms with Crippen molar-refractivity contribution in [1.82, 2.24) is 0 Å². The summed E-state index contributed by atoms with van der Waals surface area (Å²) >= 11 is 0. The summed E-state index contributed by atoms with van der Waals surface area (Å²) in [6.07, 6.45) is 0. The second-order valence-electron chi connectivity index (χ2n) is 3.98. The summed E-state index contributed by atoms with van der Waals surface area (Å²) in [7, 11) is 2.21. The molecule has 0 aromatic heterocycles. The van der Waals surface area contributed by atoms with Crippen molar-refractivity contribution in [2.24, 2.45) is 0 Å². The molecule has 0 N–H and O–H groups in total. The van der Waals surface area contributed by atoms with E-state index in [-0.39, 0.29) is 0 Å². The van der Waals surface area contributed by atoms with Gasteiger partial charge in [0.05, 0.1) is 0 Å². The highest BCUT2D eigenvalue weighted by Gasteiger charge is 1.99. The second-order valence-corrected chi connectivity index (χ2v) is 3.98. The van der Waals surface area contributed by atoms with Crippen molar-refractivity contribution in [3.63, 3.8) is 0 Å². The van der Waals surface area contributed by atoms with Gasteiger partial charge < -0.3 is 0 Å². The molecular formula is C14H14B. The summed E-state index contributed by atoms with van der Waals surface area (Å²) in [6, 6.07) is 17.0. The summed E-state index contributed by atoms with van der Waals surface area (Å²) in [6.45, 7) is 4.27. The third kappa shape index (κ3) is 2.72. The summed E-state index contributed by atoms with van der Waals surface area (Å²) in [4.78, 5) is 0. The van der Waals surface area contributed by atoms with E-state index in [2.05, 4.69) is 63.6 Å². The number of rotatable bonds is 2. The molecule has 0 heterocycles. The van der Waals surface area contributed by atoms with Crippen LogP contribution in [0.5, 0.6) is 0 Å². The molecule has 2 rings (SSSR count). The highest BCUT2D eigenvalue weighted by atomic mass is 13.9. The third-order valence-corrected chi connectivity index (χ3v) is 2.38. The topological polar surface area (TPSA) is 0 Å². The van der Waals surface area contributed by atoms with Crippen LogP contribution in [0.1, 0.15) is 11.1 Å². The molecule has 0 unspecified atom stereocenters. The van der Waals surface area contributed by atoms with Crippen LogP contribution in [0.25, 0.3) is 0 Å². The minimum Gasteiger partial charge on any atom is -0.0814 e. The molecule has 0 aliphatic rings.